The first-order chi connectivity index (χ1) is 8.51. The van der Waals surface area contributed by atoms with Gasteiger partial charge in [0.1, 0.15) is 10.9 Å². The van der Waals surface area contributed by atoms with Gasteiger partial charge in [-0.05, 0) is 6.92 Å². The van der Waals surface area contributed by atoms with Crippen LogP contribution in [0.15, 0.2) is 6.20 Å². The predicted octanol–water partition coefficient (Wildman–Crippen LogP) is 2.79. The molecule has 0 spiro atoms. The van der Waals surface area contributed by atoms with E-state index in [0.29, 0.717) is 0 Å². The molecule has 0 N–H and O–H groups in total. The lowest BCUT2D eigenvalue weighted by molar-refractivity contribution is -0.142. The average Bonchev–Trinajstić information content (AvgIpc) is 2.31. The topological polar surface area (TPSA) is 48.4 Å². The third-order valence-electron chi connectivity index (χ3n) is 2.17. The second-order valence-electron chi connectivity index (χ2n) is 3.30. The molecule has 100 valence electrons. The molecule has 1 rings (SSSR count). The second kappa shape index (κ2) is 6.49. The second-order valence-corrected chi connectivity index (χ2v) is 3.66. The number of alkyl halides is 2. The van der Waals surface area contributed by atoms with E-state index in [1.54, 1.807) is 6.92 Å². The number of halogens is 3. The zero-order valence-electron chi connectivity index (χ0n) is 9.87. The van der Waals surface area contributed by atoms with Gasteiger partial charge in [-0.1, -0.05) is 11.6 Å². The number of methoxy groups -OCH3 is 1. The summed E-state index contributed by atoms with van der Waals surface area (Å²) in [7, 11) is 1.23. The highest BCUT2D eigenvalue weighted by atomic mass is 35.5. The molecule has 0 atom stereocenters. The summed E-state index contributed by atoms with van der Waals surface area (Å²) in [5.74, 6) is -0.705. The number of ether oxygens (including phenoxy) is 2. The largest absolute Gasteiger partial charge is 0.496 e. The van der Waals surface area contributed by atoms with Crippen LogP contribution in [0.5, 0.6) is 5.75 Å². The smallest absolute Gasteiger partial charge is 0.310 e. The van der Waals surface area contributed by atoms with Crippen LogP contribution in [-0.4, -0.2) is 24.7 Å². The van der Waals surface area contributed by atoms with Crippen LogP contribution in [0.25, 0.3) is 0 Å². The van der Waals surface area contributed by atoms with E-state index in [0.717, 1.165) is 6.20 Å². The molecule has 0 aliphatic carbocycles. The summed E-state index contributed by atoms with van der Waals surface area (Å²) in [6, 6.07) is 0. The lowest BCUT2D eigenvalue weighted by Gasteiger charge is -2.13. The Hall–Kier alpha value is -1.43. The summed E-state index contributed by atoms with van der Waals surface area (Å²) in [5.41, 5.74) is -0.295. The molecule has 0 radical (unpaired) electrons. The van der Waals surface area contributed by atoms with Crippen molar-refractivity contribution in [3.8, 4) is 5.75 Å². The van der Waals surface area contributed by atoms with Crippen molar-refractivity contribution in [2.75, 3.05) is 13.7 Å². The van der Waals surface area contributed by atoms with Crippen molar-refractivity contribution < 1.29 is 23.0 Å². The lowest BCUT2D eigenvalue weighted by atomic mass is 10.1. The third-order valence-corrected chi connectivity index (χ3v) is 2.49. The molecule has 0 aliphatic rings. The molecule has 0 bridgehead atoms. The molecule has 7 heteroatoms. The number of nitrogens with zero attached hydrogens (tertiary/aromatic N) is 1. The Morgan fingerprint density at radius 2 is 2.22 bits per heavy atom. The van der Waals surface area contributed by atoms with Gasteiger partial charge >= 0.3 is 5.97 Å². The first-order valence-electron chi connectivity index (χ1n) is 5.16. The first kappa shape index (κ1) is 14.6. The zero-order chi connectivity index (χ0) is 13.7. The Kier molecular flexibility index (Phi) is 5.27. The van der Waals surface area contributed by atoms with Crippen LogP contribution in [-0.2, 0) is 16.0 Å². The highest BCUT2D eigenvalue weighted by Crippen LogP contribution is 2.34. The van der Waals surface area contributed by atoms with Crippen LogP contribution in [0.3, 0.4) is 0 Å². The van der Waals surface area contributed by atoms with E-state index in [2.05, 4.69) is 4.98 Å². The number of carbonyl (C=O) groups excluding carboxylic acids is 1. The van der Waals surface area contributed by atoms with Gasteiger partial charge in [0.2, 0.25) is 0 Å². The van der Waals surface area contributed by atoms with Gasteiger partial charge in [-0.2, -0.15) is 0 Å². The normalized spacial score (nSPS) is 10.6. The van der Waals surface area contributed by atoms with E-state index >= 15 is 0 Å². The standard InChI is InChI=1S/C11H12ClF2NO3/c1-3-18-8(16)4-6-9(17-2)7(11(13)14)5-15-10(6)12/h5,11H,3-4H2,1-2H3. The van der Waals surface area contributed by atoms with Crippen molar-refractivity contribution in [1.29, 1.82) is 0 Å². The van der Waals surface area contributed by atoms with Gasteiger partial charge in [-0.15, -0.1) is 0 Å². The van der Waals surface area contributed by atoms with Crippen molar-refractivity contribution in [2.45, 2.75) is 19.8 Å². The van der Waals surface area contributed by atoms with Gasteiger partial charge in [-0.25, -0.2) is 13.8 Å². The van der Waals surface area contributed by atoms with Gasteiger partial charge in [0, 0.05) is 11.8 Å². The number of esters is 1. The molecule has 0 saturated heterocycles. The zero-order valence-corrected chi connectivity index (χ0v) is 10.6. The maximum Gasteiger partial charge on any atom is 0.310 e. The fourth-order valence-electron chi connectivity index (χ4n) is 1.44. The number of hydrogen-bond acceptors (Lipinski definition) is 4. The number of aromatic nitrogens is 1. The minimum atomic E-state index is -2.76. The van der Waals surface area contributed by atoms with E-state index in [9.17, 15) is 13.6 Å². The summed E-state index contributed by atoms with van der Waals surface area (Å²) in [4.78, 5) is 15.0. The average molecular weight is 280 g/mol. The van der Waals surface area contributed by atoms with Crippen molar-refractivity contribution in [3.63, 3.8) is 0 Å². The molecule has 0 aromatic carbocycles. The third kappa shape index (κ3) is 3.29. The van der Waals surface area contributed by atoms with Crippen LogP contribution in [0.2, 0.25) is 5.15 Å². The monoisotopic (exact) mass is 279 g/mol. The van der Waals surface area contributed by atoms with Crippen LogP contribution in [0.4, 0.5) is 8.78 Å². The SMILES string of the molecule is CCOC(=O)Cc1c(Cl)ncc(C(F)F)c1OC. The van der Waals surface area contributed by atoms with Gasteiger partial charge in [0.25, 0.3) is 6.43 Å². The molecule has 0 fully saturated rings. The molecule has 18 heavy (non-hydrogen) atoms. The molecule has 1 heterocycles. The van der Waals surface area contributed by atoms with E-state index in [1.165, 1.54) is 7.11 Å². The number of rotatable bonds is 5. The van der Waals surface area contributed by atoms with E-state index in [4.69, 9.17) is 21.1 Å². The molecule has 0 aliphatic heterocycles. The summed E-state index contributed by atoms with van der Waals surface area (Å²) >= 11 is 5.79. The van der Waals surface area contributed by atoms with Crippen LogP contribution in [0.1, 0.15) is 24.5 Å². The molecular formula is C11H12ClF2NO3. The van der Waals surface area contributed by atoms with E-state index in [-0.39, 0.29) is 29.5 Å². The van der Waals surface area contributed by atoms with Gasteiger partial charge in [-0.3, -0.25) is 4.79 Å². The first-order valence-corrected chi connectivity index (χ1v) is 5.54. The molecule has 0 amide bonds. The molecule has 4 nitrogen and oxygen atoms in total. The van der Waals surface area contributed by atoms with Crippen LogP contribution >= 0.6 is 11.6 Å². The Morgan fingerprint density at radius 3 is 2.72 bits per heavy atom. The Morgan fingerprint density at radius 1 is 1.56 bits per heavy atom. The Balaban J connectivity index is 3.15. The summed E-state index contributed by atoms with van der Waals surface area (Å²) in [5, 5.41) is -0.0516. The van der Waals surface area contributed by atoms with E-state index in [1.807, 2.05) is 0 Å². The Labute approximate surface area is 108 Å². The predicted molar refractivity (Wildman–Crippen MR) is 61.1 cm³/mol. The van der Waals surface area contributed by atoms with Crippen molar-refractivity contribution in [1.82, 2.24) is 4.98 Å². The molecule has 1 aromatic heterocycles. The maximum atomic E-state index is 12.7. The molecule has 0 saturated carbocycles. The molecule has 0 unspecified atom stereocenters. The molecule has 1 aromatic rings. The summed E-state index contributed by atoms with van der Waals surface area (Å²) in [6.07, 6.45) is -2.09. The van der Waals surface area contributed by atoms with Crippen molar-refractivity contribution >= 4 is 17.6 Å². The summed E-state index contributed by atoms with van der Waals surface area (Å²) < 4.78 is 35.1. The lowest BCUT2D eigenvalue weighted by Crippen LogP contribution is -2.10. The van der Waals surface area contributed by atoms with E-state index < -0.39 is 18.0 Å². The van der Waals surface area contributed by atoms with Gasteiger partial charge in [0.05, 0.1) is 25.7 Å². The minimum Gasteiger partial charge on any atom is -0.496 e. The highest BCUT2D eigenvalue weighted by Gasteiger charge is 2.22. The Bertz CT molecular complexity index is 441. The van der Waals surface area contributed by atoms with Crippen LogP contribution in [0, 0.1) is 0 Å². The quantitative estimate of drug-likeness (QED) is 0.614. The van der Waals surface area contributed by atoms with Gasteiger partial charge < -0.3 is 9.47 Å². The van der Waals surface area contributed by atoms with Crippen molar-refractivity contribution in [2.24, 2.45) is 0 Å². The maximum absolute atomic E-state index is 12.7. The fraction of sp³-hybridized carbons (Fsp3) is 0.455. The van der Waals surface area contributed by atoms with Gasteiger partial charge in [0.15, 0.2) is 0 Å². The minimum absolute atomic E-state index is 0.0516. The van der Waals surface area contributed by atoms with Crippen molar-refractivity contribution in [3.05, 3.63) is 22.5 Å². The molecular weight excluding hydrogens is 268 g/mol. The fourth-order valence-corrected chi connectivity index (χ4v) is 1.64. The summed E-state index contributed by atoms with van der Waals surface area (Å²) in [6.45, 7) is 1.84. The highest BCUT2D eigenvalue weighted by molar-refractivity contribution is 6.30. The number of carbonyl (C=O) groups is 1. The van der Waals surface area contributed by atoms with Crippen LogP contribution < -0.4 is 4.74 Å². The number of pyridine rings is 1. The number of hydrogen-bond donors (Lipinski definition) is 0.